The van der Waals surface area contributed by atoms with Gasteiger partial charge in [-0.25, -0.2) is 21.6 Å². The molecule has 1 aliphatic heterocycles. The normalized spacial score (nSPS) is 31.9. The van der Waals surface area contributed by atoms with Gasteiger partial charge < -0.3 is 0 Å². The number of sulfone groups is 1. The maximum Gasteiger partial charge on any atom is 0.215 e. The third-order valence-electron chi connectivity index (χ3n) is 2.54. The largest absolute Gasteiger partial charge is 0.229 e. The summed E-state index contributed by atoms with van der Waals surface area (Å²) < 4.78 is 47.9. The van der Waals surface area contributed by atoms with Gasteiger partial charge in [0.1, 0.15) is 0 Å². The van der Waals surface area contributed by atoms with E-state index in [2.05, 4.69) is 4.72 Å². The van der Waals surface area contributed by atoms with E-state index in [9.17, 15) is 16.8 Å². The van der Waals surface area contributed by atoms with Crippen molar-refractivity contribution in [2.24, 2.45) is 0 Å². The van der Waals surface area contributed by atoms with Crippen molar-refractivity contribution < 1.29 is 16.8 Å². The first-order valence-electron chi connectivity index (χ1n) is 4.61. The van der Waals surface area contributed by atoms with Crippen LogP contribution in [0.1, 0.15) is 19.3 Å². The third kappa shape index (κ3) is 2.26. The van der Waals surface area contributed by atoms with Crippen molar-refractivity contribution in [3.63, 3.8) is 0 Å². The van der Waals surface area contributed by atoms with Crippen LogP contribution in [0, 0.1) is 0 Å². The summed E-state index contributed by atoms with van der Waals surface area (Å²) in [6.07, 6.45) is 1.99. The third-order valence-corrected chi connectivity index (χ3v) is 6.46. The van der Waals surface area contributed by atoms with Gasteiger partial charge in [0, 0.05) is 6.04 Å². The summed E-state index contributed by atoms with van der Waals surface area (Å²) in [5.74, 6) is -0.210. The highest BCUT2D eigenvalue weighted by atomic mass is 32.2. The van der Waals surface area contributed by atoms with E-state index >= 15 is 0 Å². The zero-order chi connectivity index (χ0) is 10.4. The highest BCUT2D eigenvalue weighted by molar-refractivity contribution is 7.95. The lowest BCUT2D eigenvalue weighted by Gasteiger charge is -2.09. The summed E-state index contributed by atoms with van der Waals surface area (Å²) in [4.78, 5) is 0. The molecule has 1 unspecified atom stereocenters. The summed E-state index contributed by atoms with van der Waals surface area (Å²) in [5.41, 5.74) is 0. The maximum absolute atomic E-state index is 11.6. The molecule has 0 amide bonds. The topological polar surface area (TPSA) is 80.3 Å². The average Bonchev–Trinajstić information content (AvgIpc) is 2.73. The predicted octanol–water partition coefficient (Wildman–Crippen LogP) is -0.745. The molecule has 0 aromatic carbocycles. The fourth-order valence-corrected chi connectivity index (χ4v) is 5.89. The Morgan fingerprint density at radius 3 is 2.21 bits per heavy atom. The molecule has 0 spiro atoms. The Labute approximate surface area is 83.9 Å². The van der Waals surface area contributed by atoms with Gasteiger partial charge in [-0.3, -0.25) is 0 Å². The minimum atomic E-state index is -3.40. The van der Waals surface area contributed by atoms with E-state index in [1.54, 1.807) is 0 Å². The summed E-state index contributed by atoms with van der Waals surface area (Å²) in [6, 6.07) is 0.0586. The SMILES string of the molecule is O=S1(=O)CCC(S(=O)(=O)NC2CC2)C1. The quantitative estimate of drug-likeness (QED) is 0.703. The number of sulfonamides is 1. The van der Waals surface area contributed by atoms with Crippen molar-refractivity contribution in [3.05, 3.63) is 0 Å². The number of nitrogens with one attached hydrogen (secondary N) is 1. The van der Waals surface area contributed by atoms with E-state index in [-0.39, 0.29) is 24.0 Å². The van der Waals surface area contributed by atoms with Crippen molar-refractivity contribution in [2.45, 2.75) is 30.6 Å². The number of hydrogen-bond donors (Lipinski definition) is 1. The lowest BCUT2D eigenvalue weighted by Crippen LogP contribution is -2.36. The first-order chi connectivity index (χ1) is 6.39. The molecule has 2 rings (SSSR count). The Morgan fingerprint density at radius 2 is 1.79 bits per heavy atom. The van der Waals surface area contributed by atoms with Gasteiger partial charge in [0.25, 0.3) is 0 Å². The van der Waals surface area contributed by atoms with E-state index < -0.39 is 25.1 Å². The molecule has 2 aliphatic rings. The van der Waals surface area contributed by atoms with Gasteiger partial charge in [-0.1, -0.05) is 0 Å². The Hall–Kier alpha value is -0.140. The predicted molar refractivity (Wildman–Crippen MR) is 52.1 cm³/mol. The minimum absolute atomic E-state index is 0.00322. The zero-order valence-electron chi connectivity index (χ0n) is 7.64. The van der Waals surface area contributed by atoms with Crippen LogP contribution in [-0.2, 0) is 19.9 Å². The van der Waals surface area contributed by atoms with E-state index in [0.29, 0.717) is 0 Å². The molecular formula is C7H13NO4S2. The second-order valence-corrected chi connectivity index (χ2v) is 8.18. The fraction of sp³-hybridized carbons (Fsp3) is 1.00. The smallest absolute Gasteiger partial charge is 0.215 e. The maximum atomic E-state index is 11.6. The monoisotopic (exact) mass is 239 g/mol. The molecule has 7 heteroatoms. The fourth-order valence-electron chi connectivity index (χ4n) is 1.54. The van der Waals surface area contributed by atoms with Crippen molar-refractivity contribution in [2.75, 3.05) is 11.5 Å². The van der Waals surface area contributed by atoms with Crippen LogP contribution in [0.25, 0.3) is 0 Å². The molecule has 5 nitrogen and oxygen atoms in total. The molecule has 0 aromatic heterocycles. The summed E-state index contributed by atoms with van der Waals surface area (Å²) >= 11 is 0. The van der Waals surface area contributed by atoms with Crippen LogP contribution >= 0.6 is 0 Å². The Balaban J connectivity index is 2.08. The highest BCUT2D eigenvalue weighted by Gasteiger charge is 2.39. The zero-order valence-corrected chi connectivity index (χ0v) is 9.27. The van der Waals surface area contributed by atoms with Gasteiger partial charge in [0.05, 0.1) is 16.8 Å². The van der Waals surface area contributed by atoms with Crippen LogP contribution in [0.15, 0.2) is 0 Å². The van der Waals surface area contributed by atoms with Gasteiger partial charge in [-0.05, 0) is 19.3 Å². The lowest BCUT2D eigenvalue weighted by molar-refractivity contribution is 0.567. The summed E-state index contributed by atoms with van der Waals surface area (Å²) in [7, 11) is -6.51. The Morgan fingerprint density at radius 1 is 1.14 bits per heavy atom. The minimum Gasteiger partial charge on any atom is -0.229 e. The van der Waals surface area contributed by atoms with E-state index in [1.807, 2.05) is 0 Å². The van der Waals surface area contributed by atoms with Crippen LogP contribution in [0.2, 0.25) is 0 Å². The summed E-state index contributed by atoms with van der Waals surface area (Å²) in [6.45, 7) is 0. The second-order valence-electron chi connectivity index (χ2n) is 3.96. The van der Waals surface area contributed by atoms with Gasteiger partial charge in [0.2, 0.25) is 10.0 Å². The van der Waals surface area contributed by atoms with Crippen molar-refractivity contribution in [1.29, 1.82) is 0 Å². The van der Waals surface area contributed by atoms with Gasteiger partial charge in [-0.15, -0.1) is 0 Å². The summed E-state index contributed by atoms with van der Waals surface area (Å²) in [5, 5.41) is -0.729. The second kappa shape index (κ2) is 3.18. The first-order valence-corrected chi connectivity index (χ1v) is 7.97. The molecule has 82 valence electrons. The molecule has 1 aliphatic carbocycles. The molecule has 0 aromatic rings. The van der Waals surface area contributed by atoms with Crippen LogP contribution < -0.4 is 4.72 Å². The molecule has 1 N–H and O–H groups in total. The lowest BCUT2D eigenvalue weighted by atomic mass is 10.4. The molecule has 2 fully saturated rings. The molecule has 1 atom stereocenters. The highest BCUT2D eigenvalue weighted by Crippen LogP contribution is 2.24. The standard InChI is InChI=1S/C7H13NO4S2/c9-13(10)4-3-7(5-13)14(11,12)8-6-1-2-6/h6-8H,1-5H2. The van der Waals surface area contributed by atoms with E-state index in [4.69, 9.17) is 0 Å². The number of rotatable bonds is 3. The first kappa shape index (κ1) is 10.4. The Bertz CT molecular complexity index is 421. The van der Waals surface area contributed by atoms with Crippen LogP contribution in [0.3, 0.4) is 0 Å². The van der Waals surface area contributed by atoms with E-state index in [0.717, 1.165) is 12.8 Å². The average molecular weight is 239 g/mol. The molecule has 14 heavy (non-hydrogen) atoms. The Kier molecular flexibility index (Phi) is 2.36. The molecule has 0 radical (unpaired) electrons. The van der Waals surface area contributed by atoms with Crippen LogP contribution in [-0.4, -0.2) is 39.6 Å². The van der Waals surface area contributed by atoms with Crippen LogP contribution in [0.5, 0.6) is 0 Å². The molecule has 1 saturated carbocycles. The number of hydrogen-bond acceptors (Lipinski definition) is 4. The van der Waals surface area contributed by atoms with Crippen molar-refractivity contribution in [1.82, 2.24) is 4.72 Å². The molecule has 1 saturated heterocycles. The van der Waals surface area contributed by atoms with Crippen molar-refractivity contribution >= 4 is 19.9 Å². The van der Waals surface area contributed by atoms with Gasteiger partial charge in [0.15, 0.2) is 9.84 Å². The molecule has 0 bridgehead atoms. The molecule has 1 heterocycles. The van der Waals surface area contributed by atoms with Crippen LogP contribution in [0.4, 0.5) is 0 Å². The van der Waals surface area contributed by atoms with Crippen molar-refractivity contribution in [3.8, 4) is 0 Å². The van der Waals surface area contributed by atoms with E-state index in [1.165, 1.54) is 0 Å². The van der Waals surface area contributed by atoms with Gasteiger partial charge >= 0.3 is 0 Å². The van der Waals surface area contributed by atoms with Gasteiger partial charge in [-0.2, -0.15) is 0 Å². The molecular weight excluding hydrogens is 226 g/mol.